The summed E-state index contributed by atoms with van der Waals surface area (Å²) in [5, 5.41) is 7.60. The van der Waals surface area contributed by atoms with Crippen LogP contribution in [-0.2, 0) is 17.1 Å². The summed E-state index contributed by atoms with van der Waals surface area (Å²) in [5.74, 6) is -0.993. The van der Waals surface area contributed by atoms with Gasteiger partial charge in [0, 0.05) is 7.05 Å². The van der Waals surface area contributed by atoms with Gasteiger partial charge in [-0.15, -0.1) is 0 Å². The van der Waals surface area contributed by atoms with Crippen LogP contribution in [0.5, 0.6) is 0 Å². The Morgan fingerprint density at radius 2 is 2.07 bits per heavy atom. The summed E-state index contributed by atoms with van der Waals surface area (Å²) < 4.78 is 23.0. The maximum atomic E-state index is 11.0. The van der Waals surface area contributed by atoms with Gasteiger partial charge in [0.25, 0.3) is 15.9 Å². The van der Waals surface area contributed by atoms with Gasteiger partial charge >= 0.3 is 0 Å². The highest BCUT2D eigenvalue weighted by atomic mass is 35.5. The van der Waals surface area contributed by atoms with E-state index in [1.165, 1.54) is 7.05 Å². The van der Waals surface area contributed by atoms with E-state index in [2.05, 4.69) is 5.10 Å². The zero-order chi connectivity index (χ0) is 11.1. The highest BCUT2D eigenvalue weighted by Gasteiger charge is 2.26. The summed E-state index contributed by atoms with van der Waals surface area (Å²) in [6, 6.07) is 0. The first kappa shape index (κ1) is 11.0. The van der Waals surface area contributed by atoms with E-state index in [-0.39, 0.29) is 5.15 Å². The molecule has 0 aliphatic heterocycles. The Hall–Kier alpha value is -1.12. The van der Waals surface area contributed by atoms with Crippen LogP contribution in [0.15, 0.2) is 5.03 Å². The molecule has 0 unspecified atom stereocenters. The molecule has 0 aliphatic carbocycles. The summed E-state index contributed by atoms with van der Waals surface area (Å²) in [5.41, 5.74) is 4.54. The largest absolute Gasteiger partial charge is 0.365 e. The number of hydrogen-bond acceptors (Lipinski definition) is 4. The van der Waals surface area contributed by atoms with E-state index >= 15 is 0 Å². The molecule has 0 spiro atoms. The molecule has 1 rings (SSSR count). The number of primary amides is 1. The van der Waals surface area contributed by atoms with E-state index in [0.717, 1.165) is 4.68 Å². The average molecular weight is 239 g/mol. The molecule has 7 nitrogen and oxygen atoms in total. The van der Waals surface area contributed by atoms with Crippen molar-refractivity contribution >= 4 is 27.5 Å². The van der Waals surface area contributed by atoms with Crippen LogP contribution in [0.3, 0.4) is 0 Å². The second-order valence-corrected chi connectivity index (χ2v) is 4.34. The van der Waals surface area contributed by atoms with Crippen molar-refractivity contribution in [1.82, 2.24) is 9.78 Å². The molecule has 1 heterocycles. The Kier molecular flexibility index (Phi) is 2.52. The molecule has 9 heteroatoms. The van der Waals surface area contributed by atoms with Crippen molar-refractivity contribution in [2.75, 3.05) is 0 Å². The topological polar surface area (TPSA) is 121 Å². The highest BCUT2D eigenvalue weighted by Crippen LogP contribution is 2.21. The number of aromatic nitrogens is 2. The lowest BCUT2D eigenvalue weighted by atomic mass is 10.3. The average Bonchev–Trinajstić information content (AvgIpc) is 2.23. The Balaban J connectivity index is 3.65. The number of carbonyl (C=O) groups is 1. The lowest BCUT2D eigenvalue weighted by Crippen LogP contribution is -2.22. The SMILES string of the molecule is Cn1nc(Cl)c(C(N)=O)c1S(N)(=O)=O. The third-order valence-corrected chi connectivity index (χ3v) is 2.74. The van der Waals surface area contributed by atoms with Gasteiger partial charge in [0.1, 0.15) is 5.56 Å². The van der Waals surface area contributed by atoms with Crippen LogP contribution in [0, 0.1) is 0 Å². The van der Waals surface area contributed by atoms with Gasteiger partial charge in [-0.25, -0.2) is 13.6 Å². The van der Waals surface area contributed by atoms with E-state index in [4.69, 9.17) is 22.5 Å². The lowest BCUT2D eigenvalue weighted by molar-refractivity contribution is 0.0997. The Labute approximate surface area is 84.7 Å². The molecule has 0 fully saturated rings. The van der Waals surface area contributed by atoms with Crippen LogP contribution in [0.25, 0.3) is 0 Å². The maximum Gasteiger partial charge on any atom is 0.256 e. The van der Waals surface area contributed by atoms with Crippen molar-refractivity contribution in [3.05, 3.63) is 10.7 Å². The van der Waals surface area contributed by atoms with Crippen molar-refractivity contribution in [2.24, 2.45) is 17.9 Å². The van der Waals surface area contributed by atoms with Gasteiger partial charge in [-0.05, 0) is 0 Å². The van der Waals surface area contributed by atoms with E-state index in [1.54, 1.807) is 0 Å². The molecule has 0 saturated heterocycles. The second kappa shape index (κ2) is 3.23. The first-order chi connectivity index (χ1) is 6.25. The van der Waals surface area contributed by atoms with Crippen LogP contribution in [0.2, 0.25) is 5.15 Å². The van der Waals surface area contributed by atoms with Crippen LogP contribution in [-0.4, -0.2) is 24.1 Å². The Morgan fingerprint density at radius 1 is 1.57 bits per heavy atom. The molecule has 1 aromatic rings. The molecule has 1 aromatic heterocycles. The number of nitrogens with zero attached hydrogens (tertiary/aromatic N) is 2. The Bertz CT molecular complexity index is 491. The fraction of sp³-hybridized carbons (Fsp3) is 0.200. The predicted molar refractivity (Wildman–Crippen MR) is 48.1 cm³/mol. The summed E-state index contributed by atoms with van der Waals surface area (Å²) in [6.45, 7) is 0. The predicted octanol–water partition coefficient (Wildman–Crippen LogP) is -1.18. The van der Waals surface area contributed by atoms with Crippen LogP contribution >= 0.6 is 11.6 Å². The smallest absolute Gasteiger partial charge is 0.256 e. The number of sulfonamides is 1. The van der Waals surface area contributed by atoms with E-state index in [0.29, 0.717) is 0 Å². The highest BCUT2D eigenvalue weighted by molar-refractivity contribution is 7.89. The first-order valence-electron chi connectivity index (χ1n) is 3.30. The Morgan fingerprint density at radius 3 is 2.36 bits per heavy atom. The molecule has 1 amide bonds. The van der Waals surface area contributed by atoms with Crippen molar-refractivity contribution in [2.45, 2.75) is 5.03 Å². The third-order valence-electron chi connectivity index (χ3n) is 1.47. The maximum absolute atomic E-state index is 11.0. The van der Waals surface area contributed by atoms with Crippen LogP contribution < -0.4 is 10.9 Å². The number of carbonyl (C=O) groups excluding carboxylic acids is 1. The van der Waals surface area contributed by atoms with Gasteiger partial charge in [-0.3, -0.25) is 9.48 Å². The van der Waals surface area contributed by atoms with Gasteiger partial charge < -0.3 is 5.73 Å². The quantitative estimate of drug-likeness (QED) is 0.673. The summed E-state index contributed by atoms with van der Waals surface area (Å²) >= 11 is 5.50. The van der Waals surface area contributed by atoms with Gasteiger partial charge in [0.05, 0.1) is 0 Å². The number of aryl methyl sites for hydroxylation is 1. The molecule has 0 bridgehead atoms. The number of amides is 1. The molecular weight excluding hydrogens is 232 g/mol. The fourth-order valence-corrected chi connectivity index (χ4v) is 2.25. The lowest BCUT2D eigenvalue weighted by Gasteiger charge is -1.99. The molecule has 0 aliphatic rings. The van der Waals surface area contributed by atoms with E-state index in [1.807, 2.05) is 0 Å². The number of rotatable bonds is 2. The molecule has 0 atom stereocenters. The first-order valence-corrected chi connectivity index (χ1v) is 5.22. The zero-order valence-corrected chi connectivity index (χ0v) is 8.63. The van der Waals surface area contributed by atoms with Gasteiger partial charge in [-0.2, -0.15) is 5.10 Å². The van der Waals surface area contributed by atoms with Gasteiger partial charge in [0.15, 0.2) is 10.2 Å². The zero-order valence-electron chi connectivity index (χ0n) is 7.06. The van der Waals surface area contributed by atoms with Crippen LogP contribution in [0.4, 0.5) is 0 Å². The van der Waals surface area contributed by atoms with Crippen LogP contribution in [0.1, 0.15) is 10.4 Å². The molecule has 0 radical (unpaired) electrons. The molecule has 4 N–H and O–H groups in total. The number of hydrogen-bond donors (Lipinski definition) is 2. The molecule has 0 saturated carbocycles. The summed E-state index contributed by atoms with van der Waals surface area (Å²) in [7, 11) is -2.78. The van der Waals surface area contributed by atoms with Crippen molar-refractivity contribution in [3.63, 3.8) is 0 Å². The standard InChI is InChI=1S/C5H7ClN4O3S/c1-10-5(14(8,12)13)2(4(7)11)3(6)9-10/h1H3,(H2,7,11)(H2,8,12,13). The summed E-state index contributed by atoms with van der Waals surface area (Å²) in [4.78, 5) is 10.9. The minimum absolute atomic E-state index is 0.288. The molecule has 0 aromatic carbocycles. The van der Waals surface area contributed by atoms with E-state index in [9.17, 15) is 13.2 Å². The minimum Gasteiger partial charge on any atom is -0.365 e. The molecular formula is C5H7ClN4O3S. The second-order valence-electron chi connectivity index (χ2n) is 2.50. The number of nitrogens with two attached hydrogens (primary N) is 2. The number of halogens is 1. The summed E-state index contributed by atoms with van der Waals surface area (Å²) in [6.07, 6.45) is 0. The monoisotopic (exact) mass is 238 g/mol. The van der Waals surface area contributed by atoms with Crippen molar-refractivity contribution in [1.29, 1.82) is 0 Å². The van der Waals surface area contributed by atoms with Gasteiger partial charge in [0.2, 0.25) is 0 Å². The van der Waals surface area contributed by atoms with E-state index < -0.39 is 26.5 Å². The fourth-order valence-electron chi connectivity index (χ4n) is 1.01. The van der Waals surface area contributed by atoms with Crippen molar-refractivity contribution in [3.8, 4) is 0 Å². The molecule has 78 valence electrons. The van der Waals surface area contributed by atoms with Gasteiger partial charge in [-0.1, -0.05) is 11.6 Å². The number of primary sulfonamides is 1. The van der Waals surface area contributed by atoms with Crippen molar-refractivity contribution < 1.29 is 13.2 Å². The normalized spacial score (nSPS) is 11.6. The molecule has 14 heavy (non-hydrogen) atoms. The third kappa shape index (κ3) is 1.72. The minimum atomic E-state index is -4.07.